The van der Waals surface area contributed by atoms with Crippen molar-refractivity contribution in [2.45, 2.75) is 33.1 Å². The third-order valence-electron chi connectivity index (χ3n) is 2.47. The van der Waals surface area contributed by atoms with E-state index in [2.05, 4.69) is 45.0 Å². The Kier molecular flexibility index (Phi) is 4.50. The molecule has 0 atom stereocenters. The Labute approximate surface area is 103 Å². The second-order valence-corrected chi connectivity index (χ2v) is 5.08. The molecule has 2 heteroatoms. The van der Waals surface area contributed by atoms with Crippen LogP contribution < -0.4 is 0 Å². The van der Waals surface area contributed by atoms with Crippen LogP contribution >= 0.6 is 0 Å². The predicted molar refractivity (Wildman–Crippen MR) is 70.8 cm³/mol. The lowest BCUT2D eigenvalue weighted by atomic mass is 9.87. The van der Waals surface area contributed by atoms with Crippen LogP contribution in [0.15, 0.2) is 30.3 Å². The Hall–Kier alpha value is -1.57. The number of carbonyl (C=O) groups excluding carboxylic acids is 1. The molecule has 1 aromatic rings. The van der Waals surface area contributed by atoms with Crippen molar-refractivity contribution in [3.63, 3.8) is 0 Å². The molecule has 0 bridgehead atoms. The summed E-state index contributed by atoms with van der Waals surface area (Å²) in [5, 5.41) is 0. The van der Waals surface area contributed by atoms with Crippen molar-refractivity contribution in [3.05, 3.63) is 41.5 Å². The van der Waals surface area contributed by atoms with E-state index in [0.29, 0.717) is 6.61 Å². The molecule has 2 nitrogen and oxygen atoms in total. The summed E-state index contributed by atoms with van der Waals surface area (Å²) >= 11 is 0. The molecule has 0 N–H and O–H groups in total. The molecule has 0 aromatic heterocycles. The monoisotopic (exact) mass is 232 g/mol. The molecule has 0 saturated carbocycles. The zero-order valence-electron chi connectivity index (χ0n) is 11.0. The summed E-state index contributed by atoms with van der Waals surface area (Å²) in [6, 6.07) is 8.41. The quantitative estimate of drug-likeness (QED) is 0.745. The second-order valence-electron chi connectivity index (χ2n) is 5.08. The fourth-order valence-electron chi connectivity index (χ4n) is 1.44. The Morgan fingerprint density at radius 2 is 1.82 bits per heavy atom. The first-order valence-electron chi connectivity index (χ1n) is 5.80. The van der Waals surface area contributed by atoms with Gasteiger partial charge in [-0.2, -0.15) is 0 Å². The Bertz CT molecular complexity index is 394. The fraction of sp³-hybridized carbons (Fsp3) is 0.400. The minimum absolute atomic E-state index is 0.181. The van der Waals surface area contributed by atoms with Gasteiger partial charge in [-0.3, -0.25) is 4.79 Å². The molecule has 17 heavy (non-hydrogen) atoms. The first-order chi connectivity index (χ1) is 7.89. The molecule has 0 amide bonds. The molecule has 1 rings (SSSR count). The number of hydrogen-bond donors (Lipinski definition) is 0. The summed E-state index contributed by atoms with van der Waals surface area (Å²) in [5.41, 5.74) is 2.61. The van der Waals surface area contributed by atoms with Crippen molar-refractivity contribution in [2.75, 3.05) is 6.61 Å². The molecule has 0 heterocycles. The van der Waals surface area contributed by atoms with Crippen LogP contribution in [0.5, 0.6) is 0 Å². The van der Waals surface area contributed by atoms with E-state index in [9.17, 15) is 4.79 Å². The highest BCUT2D eigenvalue weighted by molar-refractivity contribution is 5.66. The summed E-state index contributed by atoms with van der Waals surface area (Å²) in [4.78, 5) is 10.6. The van der Waals surface area contributed by atoms with Crippen LogP contribution in [0.1, 0.15) is 38.8 Å². The SMILES string of the molecule is CC(=O)OC/C=C/c1ccc(C(C)(C)C)cc1. The summed E-state index contributed by atoms with van der Waals surface area (Å²) in [6.07, 6.45) is 3.79. The van der Waals surface area contributed by atoms with Gasteiger partial charge in [-0.1, -0.05) is 51.1 Å². The molecular formula is C15H20O2. The lowest BCUT2D eigenvalue weighted by molar-refractivity contribution is -0.139. The van der Waals surface area contributed by atoms with Gasteiger partial charge in [-0.25, -0.2) is 0 Å². The summed E-state index contributed by atoms with van der Waals surface area (Å²) < 4.78 is 4.82. The summed E-state index contributed by atoms with van der Waals surface area (Å²) in [6.45, 7) is 8.32. The van der Waals surface area contributed by atoms with Gasteiger partial charge < -0.3 is 4.74 Å². The van der Waals surface area contributed by atoms with Crippen LogP contribution in [-0.2, 0) is 14.9 Å². The van der Waals surface area contributed by atoms with Crippen molar-refractivity contribution in [3.8, 4) is 0 Å². The maximum absolute atomic E-state index is 10.6. The molecule has 0 aliphatic heterocycles. The van der Waals surface area contributed by atoms with Crippen LogP contribution in [0, 0.1) is 0 Å². The largest absolute Gasteiger partial charge is 0.462 e. The highest BCUT2D eigenvalue weighted by Gasteiger charge is 2.12. The van der Waals surface area contributed by atoms with Crippen molar-refractivity contribution >= 4 is 12.0 Å². The smallest absolute Gasteiger partial charge is 0.302 e. The molecule has 1 aromatic carbocycles. The van der Waals surface area contributed by atoms with Gasteiger partial charge in [-0.05, 0) is 22.6 Å². The van der Waals surface area contributed by atoms with E-state index >= 15 is 0 Å². The molecule has 0 aliphatic rings. The topological polar surface area (TPSA) is 26.3 Å². The highest BCUT2D eigenvalue weighted by Crippen LogP contribution is 2.22. The van der Waals surface area contributed by atoms with E-state index in [-0.39, 0.29) is 11.4 Å². The van der Waals surface area contributed by atoms with Crippen LogP contribution in [0.4, 0.5) is 0 Å². The lowest BCUT2D eigenvalue weighted by Gasteiger charge is -2.18. The predicted octanol–water partition coefficient (Wildman–Crippen LogP) is 3.56. The van der Waals surface area contributed by atoms with Gasteiger partial charge in [-0.15, -0.1) is 0 Å². The molecule has 0 unspecified atom stereocenters. The number of ether oxygens (including phenoxy) is 1. The van der Waals surface area contributed by atoms with Crippen LogP contribution in [-0.4, -0.2) is 12.6 Å². The molecule has 92 valence electrons. The average molecular weight is 232 g/mol. The van der Waals surface area contributed by atoms with E-state index in [1.807, 2.05) is 12.2 Å². The molecule has 0 fully saturated rings. The minimum atomic E-state index is -0.252. The third kappa shape index (κ3) is 4.85. The van der Waals surface area contributed by atoms with Crippen molar-refractivity contribution in [1.29, 1.82) is 0 Å². The number of esters is 1. The van der Waals surface area contributed by atoms with E-state index in [1.165, 1.54) is 12.5 Å². The van der Waals surface area contributed by atoms with Crippen molar-refractivity contribution in [1.82, 2.24) is 0 Å². The van der Waals surface area contributed by atoms with E-state index in [4.69, 9.17) is 4.74 Å². The second kappa shape index (κ2) is 5.67. The summed E-state index contributed by atoms with van der Waals surface area (Å²) in [7, 11) is 0. The standard InChI is InChI=1S/C15H20O2/c1-12(16)17-11-5-6-13-7-9-14(10-8-13)15(2,3)4/h5-10H,11H2,1-4H3/b6-5+. The van der Waals surface area contributed by atoms with E-state index in [1.54, 1.807) is 0 Å². The summed E-state index contributed by atoms with van der Waals surface area (Å²) in [5.74, 6) is -0.252. The van der Waals surface area contributed by atoms with Crippen molar-refractivity contribution in [2.24, 2.45) is 0 Å². The number of carbonyl (C=O) groups is 1. The molecular weight excluding hydrogens is 212 g/mol. The Morgan fingerprint density at radius 3 is 2.29 bits per heavy atom. The van der Waals surface area contributed by atoms with Gasteiger partial charge in [0, 0.05) is 6.92 Å². The first kappa shape index (κ1) is 13.5. The van der Waals surface area contributed by atoms with Gasteiger partial charge >= 0.3 is 5.97 Å². The zero-order chi connectivity index (χ0) is 12.9. The van der Waals surface area contributed by atoms with Gasteiger partial charge in [0.05, 0.1) is 0 Å². The molecule has 0 spiro atoms. The van der Waals surface area contributed by atoms with Crippen LogP contribution in [0.2, 0.25) is 0 Å². The normalized spacial score (nSPS) is 11.8. The number of rotatable bonds is 3. The molecule has 0 saturated heterocycles. The number of hydrogen-bond acceptors (Lipinski definition) is 2. The van der Waals surface area contributed by atoms with Gasteiger partial charge in [0.1, 0.15) is 6.61 Å². The van der Waals surface area contributed by atoms with Crippen LogP contribution in [0.25, 0.3) is 6.08 Å². The highest BCUT2D eigenvalue weighted by atomic mass is 16.5. The molecule has 0 radical (unpaired) electrons. The molecule has 0 aliphatic carbocycles. The van der Waals surface area contributed by atoms with E-state index < -0.39 is 0 Å². The lowest BCUT2D eigenvalue weighted by Crippen LogP contribution is -2.10. The van der Waals surface area contributed by atoms with Gasteiger partial charge in [0.25, 0.3) is 0 Å². The first-order valence-corrected chi connectivity index (χ1v) is 5.80. The maximum Gasteiger partial charge on any atom is 0.302 e. The Morgan fingerprint density at radius 1 is 1.24 bits per heavy atom. The zero-order valence-corrected chi connectivity index (χ0v) is 11.0. The minimum Gasteiger partial charge on any atom is -0.462 e. The van der Waals surface area contributed by atoms with E-state index in [0.717, 1.165) is 5.56 Å². The fourth-order valence-corrected chi connectivity index (χ4v) is 1.44. The van der Waals surface area contributed by atoms with Gasteiger partial charge in [0.15, 0.2) is 0 Å². The average Bonchev–Trinajstić information content (AvgIpc) is 2.23. The Balaban J connectivity index is 2.60. The van der Waals surface area contributed by atoms with Crippen molar-refractivity contribution < 1.29 is 9.53 Å². The third-order valence-corrected chi connectivity index (χ3v) is 2.47. The van der Waals surface area contributed by atoms with Gasteiger partial charge in [0.2, 0.25) is 0 Å². The van der Waals surface area contributed by atoms with Crippen LogP contribution in [0.3, 0.4) is 0 Å². The maximum atomic E-state index is 10.6. The number of benzene rings is 1.